The maximum Gasteiger partial charge on any atom is 0.408 e. The summed E-state index contributed by atoms with van der Waals surface area (Å²) >= 11 is 0. The van der Waals surface area contributed by atoms with E-state index in [-0.39, 0.29) is 6.54 Å². The monoisotopic (exact) mass is 284 g/mol. The number of aliphatic carboxylic acids is 1. The smallest absolute Gasteiger partial charge is 0.408 e. The van der Waals surface area contributed by atoms with Crippen molar-refractivity contribution in [2.24, 2.45) is 0 Å². The van der Waals surface area contributed by atoms with Crippen LogP contribution in [0.5, 0.6) is 0 Å². The topological polar surface area (TPSA) is 78.9 Å². The number of carboxylic acid groups (broad SMARTS) is 1. The van der Waals surface area contributed by atoms with Crippen LogP contribution in [0.25, 0.3) is 0 Å². The predicted molar refractivity (Wildman–Crippen MR) is 75.6 cm³/mol. The van der Waals surface area contributed by atoms with Crippen molar-refractivity contribution in [3.05, 3.63) is 12.7 Å². The molecule has 6 nitrogen and oxygen atoms in total. The number of nitrogens with zero attached hydrogens (tertiary/aromatic N) is 1. The van der Waals surface area contributed by atoms with Crippen LogP contribution < -0.4 is 5.32 Å². The van der Waals surface area contributed by atoms with E-state index in [1.807, 2.05) is 4.90 Å². The van der Waals surface area contributed by atoms with Crippen LogP contribution in [-0.4, -0.2) is 52.8 Å². The van der Waals surface area contributed by atoms with Gasteiger partial charge in [-0.3, -0.25) is 4.90 Å². The van der Waals surface area contributed by atoms with Crippen LogP contribution in [0, 0.1) is 0 Å². The number of nitrogens with one attached hydrogen (secondary N) is 1. The number of ether oxygens (including phenoxy) is 1. The van der Waals surface area contributed by atoms with Crippen LogP contribution >= 0.6 is 0 Å². The van der Waals surface area contributed by atoms with Crippen molar-refractivity contribution in [3.63, 3.8) is 0 Å². The van der Waals surface area contributed by atoms with E-state index in [0.29, 0.717) is 13.0 Å². The predicted octanol–water partition coefficient (Wildman–Crippen LogP) is 1.62. The molecular weight excluding hydrogens is 260 g/mol. The molecule has 20 heavy (non-hydrogen) atoms. The number of rotatable bonds is 5. The van der Waals surface area contributed by atoms with Crippen molar-refractivity contribution in [2.45, 2.75) is 44.8 Å². The summed E-state index contributed by atoms with van der Waals surface area (Å²) in [6.45, 7) is 10.5. The molecule has 1 unspecified atom stereocenters. The fraction of sp³-hybridized carbons (Fsp3) is 0.714. The minimum atomic E-state index is -1.26. The fourth-order valence-electron chi connectivity index (χ4n) is 2.18. The number of alkyl carbamates (subject to hydrolysis) is 1. The van der Waals surface area contributed by atoms with Gasteiger partial charge < -0.3 is 15.2 Å². The Morgan fingerprint density at radius 1 is 1.50 bits per heavy atom. The van der Waals surface area contributed by atoms with E-state index in [9.17, 15) is 14.7 Å². The fourth-order valence-corrected chi connectivity index (χ4v) is 2.18. The summed E-state index contributed by atoms with van der Waals surface area (Å²) < 4.78 is 5.14. The number of likely N-dealkylation sites (tertiary alicyclic amines) is 1. The van der Waals surface area contributed by atoms with E-state index in [1.54, 1.807) is 26.8 Å². The molecule has 1 fully saturated rings. The Kier molecular flexibility index (Phi) is 5.16. The van der Waals surface area contributed by atoms with Crippen molar-refractivity contribution in [1.82, 2.24) is 10.2 Å². The van der Waals surface area contributed by atoms with Gasteiger partial charge in [-0.05, 0) is 33.6 Å². The van der Waals surface area contributed by atoms with E-state index in [1.165, 1.54) is 0 Å². The lowest BCUT2D eigenvalue weighted by atomic mass is 9.99. The largest absolute Gasteiger partial charge is 0.479 e. The molecule has 0 bridgehead atoms. The maximum absolute atomic E-state index is 11.8. The van der Waals surface area contributed by atoms with Gasteiger partial charge in [0.15, 0.2) is 5.54 Å². The molecule has 0 aromatic heterocycles. The minimum absolute atomic E-state index is 0.287. The highest BCUT2D eigenvalue weighted by atomic mass is 16.6. The molecule has 0 aliphatic carbocycles. The SMILES string of the molecule is C=CCCN1CCC(NC(=O)OC(C)(C)C)(C(=O)O)C1. The van der Waals surface area contributed by atoms with Crippen molar-refractivity contribution >= 4 is 12.1 Å². The van der Waals surface area contributed by atoms with Gasteiger partial charge in [-0.15, -0.1) is 6.58 Å². The van der Waals surface area contributed by atoms with Gasteiger partial charge in [0.2, 0.25) is 0 Å². The molecule has 0 spiro atoms. The summed E-state index contributed by atoms with van der Waals surface area (Å²) in [5.74, 6) is -1.02. The van der Waals surface area contributed by atoms with Crippen molar-refractivity contribution in [1.29, 1.82) is 0 Å². The Labute approximate surface area is 119 Å². The number of carboxylic acids is 1. The van der Waals surface area contributed by atoms with E-state index >= 15 is 0 Å². The zero-order valence-electron chi connectivity index (χ0n) is 12.4. The van der Waals surface area contributed by atoms with E-state index in [4.69, 9.17) is 4.74 Å². The number of hydrogen-bond donors (Lipinski definition) is 2. The molecule has 1 heterocycles. The summed E-state index contributed by atoms with van der Waals surface area (Å²) in [5, 5.41) is 12.0. The summed E-state index contributed by atoms with van der Waals surface area (Å²) in [6, 6.07) is 0. The summed E-state index contributed by atoms with van der Waals surface area (Å²) in [4.78, 5) is 25.3. The van der Waals surface area contributed by atoms with Gasteiger partial charge in [-0.1, -0.05) is 6.08 Å². The first-order valence-electron chi connectivity index (χ1n) is 6.76. The molecule has 0 aromatic carbocycles. The van der Waals surface area contributed by atoms with Gasteiger partial charge in [0.25, 0.3) is 0 Å². The van der Waals surface area contributed by atoms with E-state index in [2.05, 4.69) is 11.9 Å². The van der Waals surface area contributed by atoms with Gasteiger partial charge in [-0.25, -0.2) is 9.59 Å². The van der Waals surface area contributed by atoms with Gasteiger partial charge in [-0.2, -0.15) is 0 Å². The second-order valence-electron chi connectivity index (χ2n) is 6.12. The first-order valence-corrected chi connectivity index (χ1v) is 6.76. The average molecular weight is 284 g/mol. The van der Waals surface area contributed by atoms with Crippen molar-refractivity contribution in [2.75, 3.05) is 19.6 Å². The quantitative estimate of drug-likeness (QED) is 0.750. The molecule has 1 saturated heterocycles. The third-order valence-electron chi connectivity index (χ3n) is 3.15. The number of hydrogen-bond acceptors (Lipinski definition) is 4. The van der Waals surface area contributed by atoms with Crippen LogP contribution in [0.4, 0.5) is 4.79 Å². The Morgan fingerprint density at radius 3 is 2.65 bits per heavy atom. The molecular formula is C14H24N2O4. The van der Waals surface area contributed by atoms with Crippen LogP contribution in [0.3, 0.4) is 0 Å². The Morgan fingerprint density at radius 2 is 2.15 bits per heavy atom. The number of carbonyl (C=O) groups excluding carboxylic acids is 1. The zero-order valence-corrected chi connectivity index (χ0v) is 12.4. The molecule has 6 heteroatoms. The minimum Gasteiger partial charge on any atom is -0.479 e. The van der Waals surface area contributed by atoms with Gasteiger partial charge in [0.05, 0.1) is 0 Å². The van der Waals surface area contributed by atoms with Crippen molar-refractivity contribution < 1.29 is 19.4 Å². The highest BCUT2D eigenvalue weighted by Gasteiger charge is 2.46. The van der Waals surface area contributed by atoms with Crippen LogP contribution in [0.15, 0.2) is 12.7 Å². The molecule has 1 aliphatic heterocycles. The molecule has 0 aromatic rings. The van der Waals surface area contributed by atoms with Crippen LogP contribution in [-0.2, 0) is 9.53 Å². The van der Waals surface area contributed by atoms with Gasteiger partial charge in [0, 0.05) is 19.6 Å². The average Bonchev–Trinajstić information content (AvgIpc) is 2.68. The third-order valence-corrected chi connectivity index (χ3v) is 3.15. The third kappa shape index (κ3) is 4.52. The molecule has 1 amide bonds. The molecule has 1 atom stereocenters. The number of amides is 1. The van der Waals surface area contributed by atoms with Gasteiger partial charge in [0.1, 0.15) is 5.60 Å². The molecule has 1 aliphatic rings. The second-order valence-corrected chi connectivity index (χ2v) is 6.12. The van der Waals surface area contributed by atoms with Gasteiger partial charge >= 0.3 is 12.1 Å². The maximum atomic E-state index is 11.8. The summed E-state index contributed by atoms with van der Waals surface area (Å²) in [5.41, 5.74) is -1.91. The summed E-state index contributed by atoms with van der Waals surface area (Å²) in [6.07, 6.45) is 2.27. The lowest BCUT2D eigenvalue weighted by molar-refractivity contribution is -0.144. The highest BCUT2D eigenvalue weighted by molar-refractivity contribution is 5.85. The van der Waals surface area contributed by atoms with E-state index < -0.39 is 23.2 Å². The Hall–Kier alpha value is -1.56. The van der Waals surface area contributed by atoms with Crippen LogP contribution in [0.2, 0.25) is 0 Å². The Bertz CT molecular complexity index is 389. The first-order chi connectivity index (χ1) is 9.18. The van der Waals surface area contributed by atoms with E-state index in [0.717, 1.165) is 13.0 Å². The molecule has 0 saturated carbocycles. The first kappa shape index (κ1) is 16.5. The molecule has 2 N–H and O–H groups in total. The zero-order chi connectivity index (χ0) is 15.4. The standard InChI is InChI=1S/C14H24N2O4/c1-5-6-8-16-9-7-14(10-16,11(17)18)15-12(19)20-13(2,3)4/h5H,1,6-10H2,2-4H3,(H,15,19)(H,17,18). The molecule has 1 rings (SSSR count). The highest BCUT2D eigenvalue weighted by Crippen LogP contribution is 2.23. The lowest BCUT2D eigenvalue weighted by Crippen LogP contribution is -2.57. The van der Waals surface area contributed by atoms with Crippen LogP contribution in [0.1, 0.15) is 33.6 Å². The lowest BCUT2D eigenvalue weighted by Gasteiger charge is -2.28. The second kappa shape index (κ2) is 6.26. The van der Waals surface area contributed by atoms with Crippen molar-refractivity contribution in [3.8, 4) is 0 Å². The summed E-state index contributed by atoms with van der Waals surface area (Å²) in [7, 11) is 0. The molecule has 0 radical (unpaired) electrons. The normalized spacial score (nSPS) is 23.4. The molecule has 114 valence electrons. The number of carbonyl (C=O) groups is 2. The Balaban J connectivity index is 2.68.